The fourth-order valence-corrected chi connectivity index (χ4v) is 3.32. The normalized spacial score (nSPS) is 21.1. The summed E-state index contributed by atoms with van der Waals surface area (Å²) in [7, 11) is 3.75. The molecule has 1 heterocycles. The second-order valence-corrected chi connectivity index (χ2v) is 6.14. The molecule has 0 bridgehead atoms. The maximum Gasteiger partial charge on any atom is 0.248 e. The molecule has 1 aliphatic rings. The fourth-order valence-electron chi connectivity index (χ4n) is 3.08. The Balaban J connectivity index is 2.06. The van der Waals surface area contributed by atoms with E-state index < -0.39 is 5.92 Å². The van der Waals surface area contributed by atoms with Crippen molar-refractivity contribution < 1.29 is 8.78 Å². The minimum Gasteiger partial charge on any atom is -0.316 e. The van der Waals surface area contributed by atoms with E-state index in [9.17, 15) is 8.78 Å². The van der Waals surface area contributed by atoms with Crippen LogP contribution < -0.4 is 5.32 Å². The van der Waals surface area contributed by atoms with E-state index in [1.54, 1.807) is 4.68 Å². The number of halogens is 3. The molecule has 0 aliphatic heterocycles. The zero-order valence-electron chi connectivity index (χ0n) is 12.2. The highest BCUT2D eigenvalue weighted by Gasteiger charge is 2.37. The predicted molar refractivity (Wildman–Crippen MR) is 76.4 cm³/mol. The Bertz CT molecular complexity index is 463. The van der Waals surface area contributed by atoms with Crippen molar-refractivity contribution in [3.05, 3.63) is 16.4 Å². The van der Waals surface area contributed by atoms with Crippen LogP contribution in [0.5, 0.6) is 0 Å². The number of alkyl halides is 2. The Labute approximate surface area is 123 Å². The summed E-state index contributed by atoms with van der Waals surface area (Å²) in [6, 6.07) is 0.165. The second-order valence-electron chi connectivity index (χ2n) is 5.76. The third-order valence-electron chi connectivity index (χ3n) is 4.38. The summed E-state index contributed by atoms with van der Waals surface area (Å²) in [6.07, 6.45) is 1.84. The van der Waals surface area contributed by atoms with Gasteiger partial charge >= 0.3 is 0 Å². The van der Waals surface area contributed by atoms with Gasteiger partial charge in [-0.05, 0) is 32.7 Å². The first-order valence-corrected chi connectivity index (χ1v) is 7.45. The van der Waals surface area contributed by atoms with Crippen LogP contribution in [0.1, 0.15) is 37.1 Å². The average Bonchev–Trinajstić information content (AvgIpc) is 2.62. The number of rotatable bonds is 4. The molecule has 1 fully saturated rings. The number of likely N-dealkylation sites (N-methyl/N-ethyl adjacent to an activating group) is 1. The highest BCUT2D eigenvalue weighted by molar-refractivity contribution is 6.31. The minimum atomic E-state index is -2.48. The summed E-state index contributed by atoms with van der Waals surface area (Å²) in [5.41, 5.74) is 1.79. The highest BCUT2D eigenvalue weighted by atomic mass is 35.5. The second kappa shape index (κ2) is 5.98. The summed E-state index contributed by atoms with van der Waals surface area (Å²) in [5.74, 6) is -2.21. The number of hydrogen-bond acceptors (Lipinski definition) is 2. The zero-order valence-corrected chi connectivity index (χ0v) is 13.0. The van der Waals surface area contributed by atoms with Crippen LogP contribution in [0.15, 0.2) is 0 Å². The molecule has 1 unspecified atom stereocenters. The quantitative estimate of drug-likeness (QED) is 0.924. The summed E-state index contributed by atoms with van der Waals surface area (Å²) in [5, 5.41) is 8.26. The van der Waals surface area contributed by atoms with Crippen LogP contribution in [-0.4, -0.2) is 28.8 Å². The van der Waals surface area contributed by atoms with Crippen molar-refractivity contribution in [2.75, 3.05) is 7.05 Å². The Morgan fingerprint density at radius 3 is 2.50 bits per heavy atom. The summed E-state index contributed by atoms with van der Waals surface area (Å²) in [6.45, 7) is 1.88. The van der Waals surface area contributed by atoms with Crippen molar-refractivity contribution in [3.8, 4) is 0 Å². The first-order chi connectivity index (χ1) is 9.34. The first kappa shape index (κ1) is 15.7. The molecule has 0 saturated heterocycles. The van der Waals surface area contributed by atoms with E-state index in [0.29, 0.717) is 17.9 Å². The van der Waals surface area contributed by atoms with Gasteiger partial charge in [0.1, 0.15) is 0 Å². The van der Waals surface area contributed by atoms with Crippen LogP contribution in [0.2, 0.25) is 5.02 Å². The summed E-state index contributed by atoms with van der Waals surface area (Å²) >= 11 is 6.27. The first-order valence-electron chi connectivity index (χ1n) is 7.07. The van der Waals surface area contributed by atoms with Crippen LogP contribution in [0.25, 0.3) is 0 Å². The van der Waals surface area contributed by atoms with Crippen LogP contribution in [0.4, 0.5) is 8.78 Å². The smallest absolute Gasteiger partial charge is 0.248 e. The van der Waals surface area contributed by atoms with Crippen molar-refractivity contribution in [1.29, 1.82) is 0 Å². The lowest BCUT2D eigenvalue weighted by atomic mass is 9.80. The number of hydrogen-bond donors (Lipinski definition) is 1. The van der Waals surface area contributed by atoms with Crippen molar-refractivity contribution >= 4 is 11.6 Å². The lowest BCUT2D eigenvalue weighted by molar-refractivity contribution is -0.0493. The summed E-state index contributed by atoms with van der Waals surface area (Å²) in [4.78, 5) is 0. The van der Waals surface area contributed by atoms with Gasteiger partial charge in [-0.1, -0.05) is 11.6 Å². The van der Waals surface area contributed by atoms with Gasteiger partial charge in [0.2, 0.25) is 5.92 Å². The van der Waals surface area contributed by atoms with E-state index in [1.165, 1.54) is 0 Å². The van der Waals surface area contributed by atoms with Gasteiger partial charge in [-0.2, -0.15) is 5.10 Å². The van der Waals surface area contributed by atoms with E-state index in [-0.39, 0.29) is 24.8 Å². The standard InChI is InChI=1S/C14H22ClF2N3/c1-9-13(15)12(20(3)19-9)8-11(18-2)10-4-6-14(16,17)7-5-10/h10-11,18H,4-8H2,1-3H3. The largest absolute Gasteiger partial charge is 0.316 e. The molecular weight excluding hydrogens is 284 g/mol. The SMILES string of the molecule is CNC(Cc1c(Cl)c(C)nn1C)C1CCC(F)(F)CC1. The van der Waals surface area contributed by atoms with E-state index >= 15 is 0 Å². The van der Waals surface area contributed by atoms with Gasteiger partial charge in [0.15, 0.2) is 0 Å². The molecule has 1 aromatic rings. The molecule has 20 heavy (non-hydrogen) atoms. The number of nitrogens with zero attached hydrogens (tertiary/aromatic N) is 2. The topological polar surface area (TPSA) is 29.9 Å². The number of aryl methyl sites for hydroxylation is 2. The minimum absolute atomic E-state index is 0.00596. The molecule has 3 nitrogen and oxygen atoms in total. The van der Waals surface area contributed by atoms with Crippen LogP contribution in [0.3, 0.4) is 0 Å². The molecule has 0 spiro atoms. The van der Waals surface area contributed by atoms with Gasteiger partial charge < -0.3 is 5.32 Å². The van der Waals surface area contributed by atoms with Gasteiger partial charge in [-0.15, -0.1) is 0 Å². The van der Waals surface area contributed by atoms with Gasteiger partial charge in [0.25, 0.3) is 0 Å². The molecule has 2 rings (SSSR count). The molecule has 0 radical (unpaired) electrons. The van der Waals surface area contributed by atoms with Crippen molar-refractivity contribution in [1.82, 2.24) is 15.1 Å². The predicted octanol–water partition coefficient (Wildman–Crippen LogP) is 3.34. The van der Waals surface area contributed by atoms with Crippen molar-refractivity contribution in [2.24, 2.45) is 13.0 Å². The van der Waals surface area contributed by atoms with Crippen LogP contribution in [-0.2, 0) is 13.5 Å². The van der Waals surface area contributed by atoms with Crippen LogP contribution >= 0.6 is 11.6 Å². The molecule has 0 amide bonds. The number of aromatic nitrogens is 2. The maximum atomic E-state index is 13.2. The van der Waals surface area contributed by atoms with Crippen molar-refractivity contribution in [3.63, 3.8) is 0 Å². The summed E-state index contributed by atoms with van der Waals surface area (Å²) < 4.78 is 28.3. The lowest BCUT2D eigenvalue weighted by Crippen LogP contribution is -2.40. The molecular formula is C14H22ClF2N3. The van der Waals surface area contributed by atoms with Gasteiger partial charge in [0.05, 0.1) is 16.4 Å². The molecule has 1 saturated carbocycles. The fraction of sp³-hybridized carbons (Fsp3) is 0.786. The average molecular weight is 306 g/mol. The Kier molecular flexibility index (Phi) is 4.69. The van der Waals surface area contributed by atoms with Gasteiger partial charge in [0, 0.05) is 32.4 Å². The van der Waals surface area contributed by atoms with Gasteiger partial charge in [-0.25, -0.2) is 8.78 Å². The monoisotopic (exact) mass is 305 g/mol. The lowest BCUT2D eigenvalue weighted by Gasteiger charge is -2.33. The molecule has 114 valence electrons. The molecule has 1 N–H and O–H groups in total. The highest BCUT2D eigenvalue weighted by Crippen LogP contribution is 2.38. The molecule has 1 aliphatic carbocycles. The third kappa shape index (κ3) is 3.31. The maximum absolute atomic E-state index is 13.2. The van der Waals surface area contributed by atoms with E-state index in [2.05, 4.69) is 10.4 Å². The van der Waals surface area contributed by atoms with Crippen LogP contribution in [0, 0.1) is 12.8 Å². The number of nitrogens with one attached hydrogen (secondary N) is 1. The van der Waals surface area contributed by atoms with E-state index in [4.69, 9.17) is 11.6 Å². The molecule has 6 heteroatoms. The van der Waals surface area contributed by atoms with Gasteiger partial charge in [-0.3, -0.25) is 4.68 Å². The molecule has 1 aromatic heterocycles. The van der Waals surface area contributed by atoms with E-state index in [0.717, 1.165) is 17.8 Å². The zero-order chi connectivity index (χ0) is 14.9. The van der Waals surface area contributed by atoms with E-state index in [1.807, 2.05) is 21.0 Å². The Morgan fingerprint density at radius 2 is 2.05 bits per heavy atom. The Hall–Kier alpha value is -0.680. The Morgan fingerprint density at radius 1 is 1.45 bits per heavy atom. The molecule has 0 aromatic carbocycles. The van der Waals surface area contributed by atoms with Crippen molar-refractivity contribution in [2.45, 2.75) is 51.0 Å². The third-order valence-corrected chi connectivity index (χ3v) is 4.87. The molecule has 1 atom stereocenters.